The summed E-state index contributed by atoms with van der Waals surface area (Å²) in [7, 11) is 0.298. The molecular weight excluding hydrogens is 216 g/mol. The Bertz CT molecular complexity index is 273. The lowest BCUT2D eigenvalue weighted by Crippen LogP contribution is -1.90. The van der Waals surface area contributed by atoms with Crippen molar-refractivity contribution in [1.82, 2.24) is 4.98 Å². The third kappa shape index (κ3) is 2.74. The number of halogens is 1. The van der Waals surface area contributed by atoms with E-state index in [2.05, 4.69) is 18.8 Å². The van der Waals surface area contributed by atoms with Gasteiger partial charge in [-0.25, -0.2) is 9.37 Å². The summed E-state index contributed by atoms with van der Waals surface area (Å²) >= 11 is 1.54. The lowest BCUT2D eigenvalue weighted by atomic mass is 10.0. The molecule has 1 aromatic rings. The van der Waals surface area contributed by atoms with Crippen LogP contribution in [0, 0.1) is 0 Å². The molecule has 80 valence electrons. The number of hydrogen-bond acceptors (Lipinski definition) is 2. The van der Waals surface area contributed by atoms with Crippen molar-refractivity contribution in [2.24, 2.45) is 0 Å². The van der Waals surface area contributed by atoms with Crippen molar-refractivity contribution in [2.75, 3.05) is 6.66 Å². The maximum atomic E-state index is 13.3. The van der Waals surface area contributed by atoms with Crippen molar-refractivity contribution >= 4 is 19.9 Å². The Balaban J connectivity index is 2.76. The number of alkyl halides is 1. The molecule has 4 heteroatoms. The normalized spacial score (nSPS) is 14.4. The molecule has 2 atom stereocenters. The van der Waals surface area contributed by atoms with Crippen LogP contribution in [0.2, 0.25) is 0 Å². The SMILES string of the molecule is CCC(CC)c1cnc(C(F)PC)s1. The number of thiazole rings is 1. The minimum absolute atomic E-state index is 0.298. The molecule has 2 unspecified atom stereocenters. The van der Waals surface area contributed by atoms with Crippen molar-refractivity contribution in [2.45, 2.75) is 38.5 Å². The smallest absolute Gasteiger partial charge is 0.167 e. The molecular formula is C10H17FNPS. The molecule has 0 aliphatic heterocycles. The number of aromatic nitrogens is 1. The summed E-state index contributed by atoms with van der Waals surface area (Å²) < 4.78 is 13.3. The largest absolute Gasteiger partial charge is 0.246 e. The van der Waals surface area contributed by atoms with E-state index in [4.69, 9.17) is 0 Å². The highest BCUT2D eigenvalue weighted by Crippen LogP contribution is 2.38. The van der Waals surface area contributed by atoms with E-state index in [1.54, 1.807) is 11.3 Å². The Labute approximate surface area is 90.9 Å². The van der Waals surface area contributed by atoms with Gasteiger partial charge in [0.25, 0.3) is 0 Å². The van der Waals surface area contributed by atoms with Crippen LogP contribution >= 0.6 is 19.9 Å². The maximum Gasteiger partial charge on any atom is 0.167 e. The van der Waals surface area contributed by atoms with Crippen LogP contribution in [0.4, 0.5) is 4.39 Å². The first-order valence-corrected chi connectivity index (χ1v) is 7.39. The van der Waals surface area contributed by atoms with Gasteiger partial charge in [-0.1, -0.05) is 22.4 Å². The zero-order valence-electron chi connectivity index (χ0n) is 8.88. The Morgan fingerprint density at radius 1 is 1.50 bits per heavy atom. The third-order valence-electron chi connectivity index (χ3n) is 2.40. The Morgan fingerprint density at radius 2 is 2.14 bits per heavy atom. The molecule has 1 rings (SSSR count). The van der Waals surface area contributed by atoms with Crippen LogP contribution in [-0.4, -0.2) is 11.6 Å². The van der Waals surface area contributed by atoms with Crippen molar-refractivity contribution in [3.8, 4) is 0 Å². The van der Waals surface area contributed by atoms with Gasteiger partial charge in [-0.15, -0.1) is 11.3 Å². The van der Waals surface area contributed by atoms with Crippen LogP contribution < -0.4 is 0 Å². The van der Waals surface area contributed by atoms with E-state index in [1.807, 2.05) is 12.9 Å². The van der Waals surface area contributed by atoms with Gasteiger partial charge in [-0.3, -0.25) is 0 Å². The summed E-state index contributed by atoms with van der Waals surface area (Å²) in [6, 6.07) is 0. The lowest BCUT2D eigenvalue weighted by Gasteiger charge is -2.07. The number of hydrogen-bond donors (Lipinski definition) is 0. The standard InChI is InChI=1S/C10H17FNPS/c1-4-7(5-2)8-6-12-10(14-8)9(11)13-3/h6-7,9,13H,4-5H2,1-3H3. The molecule has 1 nitrogen and oxygen atoms in total. The lowest BCUT2D eigenvalue weighted by molar-refractivity contribution is 0.464. The molecule has 0 N–H and O–H groups in total. The second-order valence-electron chi connectivity index (χ2n) is 3.27. The summed E-state index contributed by atoms with van der Waals surface area (Å²) in [5.74, 6) is -0.281. The molecule has 14 heavy (non-hydrogen) atoms. The van der Waals surface area contributed by atoms with Gasteiger partial charge < -0.3 is 0 Å². The molecule has 0 bridgehead atoms. The van der Waals surface area contributed by atoms with E-state index in [9.17, 15) is 4.39 Å². The quantitative estimate of drug-likeness (QED) is 0.690. The van der Waals surface area contributed by atoms with Gasteiger partial charge in [0, 0.05) is 11.1 Å². The summed E-state index contributed by atoms with van der Waals surface area (Å²) in [6.45, 7) is 6.22. The molecule has 0 spiro atoms. The zero-order valence-corrected chi connectivity index (χ0v) is 10.7. The minimum atomic E-state index is -0.844. The van der Waals surface area contributed by atoms with E-state index >= 15 is 0 Å². The fourth-order valence-electron chi connectivity index (χ4n) is 1.42. The van der Waals surface area contributed by atoms with Gasteiger partial charge in [-0.2, -0.15) is 0 Å². The van der Waals surface area contributed by atoms with E-state index in [0.29, 0.717) is 19.5 Å². The summed E-state index contributed by atoms with van der Waals surface area (Å²) in [4.78, 5) is 5.40. The average Bonchev–Trinajstić information content (AvgIpc) is 2.68. The van der Waals surface area contributed by atoms with Gasteiger partial charge in [0.15, 0.2) is 5.91 Å². The molecule has 0 aromatic carbocycles. The van der Waals surface area contributed by atoms with Crippen LogP contribution in [0.25, 0.3) is 0 Å². The van der Waals surface area contributed by atoms with E-state index < -0.39 is 5.91 Å². The number of nitrogens with zero attached hydrogens (tertiary/aromatic N) is 1. The van der Waals surface area contributed by atoms with Crippen molar-refractivity contribution in [1.29, 1.82) is 0 Å². The van der Waals surface area contributed by atoms with E-state index in [1.165, 1.54) is 4.88 Å². The second kappa shape index (κ2) is 5.77. The first-order chi connectivity index (χ1) is 6.72. The third-order valence-corrected chi connectivity index (χ3v) is 4.59. The summed E-state index contributed by atoms with van der Waals surface area (Å²) in [5, 5.41) is 0.660. The highest BCUT2D eigenvalue weighted by molar-refractivity contribution is 7.38. The Morgan fingerprint density at radius 3 is 2.64 bits per heavy atom. The van der Waals surface area contributed by atoms with E-state index in [-0.39, 0.29) is 0 Å². The first-order valence-electron chi connectivity index (χ1n) is 4.99. The van der Waals surface area contributed by atoms with Crippen LogP contribution in [0.1, 0.15) is 48.4 Å². The Hall–Kier alpha value is -0.0100. The molecule has 0 saturated carbocycles. The highest BCUT2D eigenvalue weighted by Gasteiger charge is 2.15. The van der Waals surface area contributed by atoms with Gasteiger partial charge in [0.1, 0.15) is 5.01 Å². The fourth-order valence-corrected chi connectivity index (χ4v) is 3.33. The van der Waals surface area contributed by atoms with Gasteiger partial charge >= 0.3 is 0 Å². The topological polar surface area (TPSA) is 12.9 Å². The van der Waals surface area contributed by atoms with Gasteiger partial charge in [-0.05, 0) is 25.4 Å². The second-order valence-corrected chi connectivity index (χ2v) is 5.44. The van der Waals surface area contributed by atoms with Gasteiger partial charge in [0.05, 0.1) is 0 Å². The summed E-state index contributed by atoms with van der Waals surface area (Å²) in [6.07, 6.45) is 4.08. The maximum absolute atomic E-state index is 13.3. The molecule has 0 amide bonds. The minimum Gasteiger partial charge on any atom is -0.246 e. The molecule has 1 aromatic heterocycles. The van der Waals surface area contributed by atoms with Crippen LogP contribution in [0.15, 0.2) is 6.20 Å². The predicted octanol–water partition coefficient (Wildman–Crippen LogP) is 4.32. The monoisotopic (exact) mass is 233 g/mol. The molecule has 0 radical (unpaired) electrons. The molecule has 0 aliphatic carbocycles. The first kappa shape index (κ1) is 12.1. The summed E-state index contributed by atoms with van der Waals surface area (Å²) in [5.41, 5.74) is 0. The predicted molar refractivity (Wildman–Crippen MR) is 63.5 cm³/mol. The van der Waals surface area contributed by atoms with Crippen LogP contribution in [0.3, 0.4) is 0 Å². The van der Waals surface area contributed by atoms with Gasteiger partial charge in [0.2, 0.25) is 0 Å². The molecule has 0 saturated heterocycles. The van der Waals surface area contributed by atoms with Crippen LogP contribution in [-0.2, 0) is 0 Å². The van der Waals surface area contributed by atoms with Crippen molar-refractivity contribution in [3.63, 3.8) is 0 Å². The number of rotatable bonds is 5. The molecule has 1 heterocycles. The average molecular weight is 233 g/mol. The fraction of sp³-hybridized carbons (Fsp3) is 0.700. The van der Waals surface area contributed by atoms with Crippen molar-refractivity contribution in [3.05, 3.63) is 16.1 Å². The molecule has 0 aliphatic rings. The van der Waals surface area contributed by atoms with Crippen LogP contribution in [0.5, 0.6) is 0 Å². The molecule has 0 fully saturated rings. The highest BCUT2D eigenvalue weighted by atomic mass is 32.1. The van der Waals surface area contributed by atoms with E-state index in [0.717, 1.165) is 12.8 Å². The Kier molecular flexibility index (Phi) is 4.97. The zero-order chi connectivity index (χ0) is 10.6. The van der Waals surface area contributed by atoms with Crippen molar-refractivity contribution < 1.29 is 4.39 Å².